The first kappa shape index (κ1) is 19.6. The summed E-state index contributed by atoms with van der Waals surface area (Å²) in [6, 6.07) is 10.5. The van der Waals surface area contributed by atoms with Gasteiger partial charge >= 0.3 is 0 Å². The molecule has 2 fully saturated rings. The highest BCUT2D eigenvalue weighted by Gasteiger charge is 2.42. The molecule has 2 aliphatic heterocycles. The van der Waals surface area contributed by atoms with Crippen LogP contribution in [-0.2, 0) is 11.3 Å². The van der Waals surface area contributed by atoms with E-state index in [4.69, 9.17) is 0 Å². The minimum Gasteiger partial charge on any atom is -0.339 e. The number of carbonyl (C=O) groups is 2. The molecule has 6 heteroatoms. The summed E-state index contributed by atoms with van der Waals surface area (Å²) in [6.07, 6.45) is 4.79. The zero-order valence-corrected chi connectivity index (χ0v) is 16.7. The van der Waals surface area contributed by atoms with Gasteiger partial charge in [0.1, 0.15) is 5.82 Å². The number of likely N-dealkylation sites (tertiary alicyclic amines) is 2. The van der Waals surface area contributed by atoms with E-state index in [-0.39, 0.29) is 22.8 Å². The molecule has 0 atom stereocenters. The van der Waals surface area contributed by atoms with Crippen molar-refractivity contribution in [2.75, 3.05) is 19.6 Å². The maximum Gasteiger partial charge on any atom is 0.256 e. The summed E-state index contributed by atoms with van der Waals surface area (Å²) in [7, 11) is 0. The molecule has 0 radical (unpaired) electrons. The van der Waals surface area contributed by atoms with Crippen molar-refractivity contribution in [1.82, 2.24) is 14.8 Å². The number of rotatable bonds is 3. The molecule has 1 aromatic carbocycles. The van der Waals surface area contributed by atoms with Crippen LogP contribution in [0.25, 0.3) is 0 Å². The highest BCUT2D eigenvalue weighted by molar-refractivity contribution is 5.94. The van der Waals surface area contributed by atoms with Gasteiger partial charge in [-0.05, 0) is 61.4 Å². The Kier molecular flexibility index (Phi) is 5.35. The Bertz CT molecular complexity index is 908. The van der Waals surface area contributed by atoms with Gasteiger partial charge in [-0.15, -0.1) is 0 Å². The van der Waals surface area contributed by atoms with Crippen LogP contribution in [-0.4, -0.2) is 46.2 Å². The van der Waals surface area contributed by atoms with E-state index < -0.39 is 5.82 Å². The van der Waals surface area contributed by atoms with Gasteiger partial charge in [-0.3, -0.25) is 14.6 Å². The number of hydrogen-bond donors (Lipinski definition) is 0. The van der Waals surface area contributed by atoms with Crippen LogP contribution in [0.15, 0.2) is 42.6 Å². The Morgan fingerprint density at radius 1 is 1.17 bits per heavy atom. The molecule has 4 rings (SSSR count). The summed E-state index contributed by atoms with van der Waals surface area (Å²) < 4.78 is 14.2. The number of amides is 2. The van der Waals surface area contributed by atoms with E-state index in [2.05, 4.69) is 4.98 Å². The zero-order valence-electron chi connectivity index (χ0n) is 16.7. The first-order chi connectivity index (χ1) is 14.0. The molecule has 2 amide bonds. The van der Waals surface area contributed by atoms with E-state index in [1.807, 2.05) is 30.0 Å². The van der Waals surface area contributed by atoms with E-state index >= 15 is 0 Å². The van der Waals surface area contributed by atoms with Crippen molar-refractivity contribution in [3.63, 3.8) is 0 Å². The third-order valence-electron chi connectivity index (χ3n) is 6.29. The van der Waals surface area contributed by atoms with Crippen molar-refractivity contribution in [3.05, 3.63) is 65.2 Å². The van der Waals surface area contributed by atoms with Crippen molar-refractivity contribution in [2.24, 2.45) is 5.41 Å². The number of piperidine rings is 2. The van der Waals surface area contributed by atoms with Gasteiger partial charge in [0.15, 0.2) is 0 Å². The molecule has 29 heavy (non-hydrogen) atoms. The predicted molar refractivity (Wildman–Crippen MR) is 108 cm³/mol. The third-order valence-corrected chi connectivity index (χ3v) is 6.29. The van der Waals surface area contributed by atoms with Crippen molar-refractivity contribution >= 4 is 11.8 Å². The second kappa shape index (κ2) is 7.93. The van der Waals surface area contributed by atoms with Crippen LogP contribution >= 0.6 is 0 Å². The van der Waals surface area contributed by atoms with Crippen LogP contribution in [0.3, 0.4) is 0 Å². The molecule has 0 bridgehead atoms. The van der Waals surface area contributed by atoms with Crippen LogP contribution < -0.4 is 0 Å². The highest BCUT2D eigenvalue weighted by Crippen LogP contribution is 2.40. The van der Waals surface area contributed by atoms with Gasteiger partial charge in [-0.1, -0.05) is 12.1 Å². The first-order valence-electron chi connectivity index (χ1n) is 10.2. The second-order valence-corrected chi connectivity index (χ2v) is 8.35. The Hall–Kier alpha value is -2.76. The zero-order chi connectivity index (χ0) is 20.4. The number of halogens is 1. The number of nitrogens with zero attached hydrogens (tertiary/aromatic N) is 3. The molecule has 1 spiro atoms. The van der Waals surface area contributed by atoms with E-state index in [0.29, 0.717) is 32.6 Å². The molecule has 2 aliphatic rings. The molecule has 2 aromatic rings. The smallest absolute Gasteiger partial charge is 0.256 e. The fourth-order valence-corrected chi connectivity index (χ4v) is 4.49. The topological polar surface area (TPSA) is 53.5 Å². The molecule has 1 aromatic heterocycles. The number of carbonyl (C=O) groups excluding carboxylic acids is 2. The Morgan fingerprint density at radius 3 is 2.66 bits per heavy atom. The predicted octanol–water partition coefficient (Wildman–Crippen LogP) is 3.57. The maximum absolute atomic E-state index is 14.2. The summed E-state index contributed by atoms with van der Waals surface area (Å²) in [5, 5.41) is 0. The molecule has 0 aliphatic carbocycles. The van der Waals surface area contributed by atoms with Gasteiger partial charge in [0, 0.05) is 32.3 Å². The minimum atomic E-state index is -0.458. The monoisotopic (exact) mass is 395 g/mol. The second-order valence-electron chi connectivity index (χ2n) is 8.35. The summed E-state index contributed by atoms with van der Waals surface area (Å²) >= 11 is 0. The van der Waals surface area contributed by atoms with Crippen molar-refractivity contribution in [2.45, 2.75) is 39.2 Å². The lowest BCUT2D eigenvalue weighted by atomic mass is 9.72. The lowest BCUT2D eigenvalue weighted by Gasteiger charge is -2.47. The normalized spacial score (nSPS) is 18.9. The summed E-state index contributed by atoms with van der Waals surface area (Å²) in [4.78, 5) is 33.2. The Labute approximate surface area is 170 Å². The molecule has 0 unspecified atom stereocenters. The quantitative estimate of drug-likeness (QED) is 0.798. The lowest BCUT2D eigenvalue weighted by molar-refractivity contribution is -0.139. The van der Waals surface area contributed by atoms with Gasteiger partial charge < -0.3 is 9.80 Å². The van der Waals surface area contributed by atoms with E-state index in [0.717, 1.165) is 30.5 Å². The summed E-state index contributed by atoms with van der Waals surface area (Å²) in [6.45, 7) is 4.22. The fourth-order valence-electron chi connectivity index (χ4n) is 4.49. The highest BCUT2D eigenvalue weighted by atomic mass is 19.1. The largest absolute Gasteiger partial charge is 0.339 e. The molecular formula is C23H26FN3O2. The Balaban J connectivity index is 1.41. The van der Waals surface area contributed by atoms with Crippen LogP contribution in [0, 0.1) is 18.2 Å². The average Bonchev–Trinajstić information content (AvgIpc) is 2.72. The average molecular weight is 395 g/mol. The number of pyridine rings is 1. The van der Waals surface area contributed by atoms with Crippen molar-refractivity contribution in [1.29, 1.82) is 0 Å². The number of benzene rings is 1. The first-order valence-corrected chi connectivity index (χ1v) is 10.2. The third kappa shape index (κ3) is 4.16. The van der Waals surface area contributed by atoms with Crippen LogP contribution in [0.4, 0.5) is 4.39 Å². The SMILES string of the molecule is Cc1ccc(C(=O)N2CCC3(CCC(=O)N(Cc4ccccn4)C3)CC2)c(F)c1. The van der Waals surface area contributed by atoms with Crippen LogP contribution in [0.2, 0.25) is 0 Å². The van der Waals surface area contributed by atoms with E-state index in [9.17, 15) is 14.0 Å². The van der Waals surface area contributed by atoms with Gasteiger partial charge in [0.05, 0.1) is 17.8 Å². The van der Waals surface area contributed by atoms with Gasteiger partial charge in [0.25, 0.3) is 5.91 Å². The fraction of sp³-hybridized carbons (Fsp3) is 0.435. The number of hydrogen-bond acceptors (Lipinski definition) is 3. The Morgan fingerprint density at radius 2 is 1.97 bits per heavy atom. The van der Waals surface area contributed by atoms with Gasteiger partial charge in [-0.25, -0.2) is 4.39 Å². The molecule has 3 heterocycles. The lowest BCUT2D eigenvalue weighted by Crippen LogP contribution is -2.52. The molecule has 0 N–H and O–H groups in total. The van der Waals surface area contributed by atoms with E-state index in [1.54, 1.807) is 23.2 Å². The minimum absolute atomic E-state index is 0.0330. The van der Waals surface area contributed by atoms with Crippen LogP contribution in [0.1, 0.15) is 47.3 Å². The number of aromatic nitrogens is 1. The summed E-state index contributed by atoms with van der Waals surface area (Å²) in [5.41, 5.74) is 1.87. The standard InChI is InChI=1S/C23H26FN3O2/c1-17-5-6-19(20(24)14-17)22(29)26-12-9-23(10-13-26)8-7-21(28)27(16-23)15-18-4-2-3-11-25-18/h2-6,11,14H,7-10,12-13,15-16H2,1H3. The molecule has 2 saturated heterocycles. The van der Waals surface area contributed by atoms with Crippen molar-refractivity contribution in [3.8, 4) is 0 Å². The molecule has 5 nitrogen and oxygen atoms in total. The van der Waals surface area contributed by atoms with Crippen molar-refractivity contribution < 1.29 is 14.0 Å². The molecular weight excluding hydrogens is 369 g/mol. The summed E-state index contributed by atoms with van der Waals surface area (Å²) in [5.74, 6) is -0.531. The maximum atomic E-state index is 14.2. The van der Waals surface area contributed by atoms with E-state index in [1.165, 1.54) is 6.07 Å². The van der Waals surface area contributed by atoms with Gasteiger partial charge in [0.2, 0.25) is 5.91 Å². The number of aryl methyl sites for hydroxylation is 1. The molecule has 0 saturated carbocycles. The molecule has 152 valence electrons. The van der Waals surface area contributed by atoms with Crippen LogP contribution in [0.5, 0.6) is 0 Å². The van der Waals surface area contributed by atoms with Gasteiger partial charge in [-0.2, -0.15) is 0 Å².